The van der Waals surface area contributed by atoms with Crippen molar-refractivity contribution in [3.05, 3.63) is 52.0 Å². The SMILES string of the molecule is CC(=O)CN1C(=O)CCc2ccc(OCCCCN3CCN(c4cccc(Cl)c4Cl)CC3)cc21. The van der Waals surface area contributed by atoms with Crippen LogP contribution in [0.5, 0.6) is 5.75 Å². The van der Waals surface area contributed by atoms with E-state index in [1.165, 1.54) is 6.92 Å². The maximum absolute atomic E-state index is 12.3. The molecule has 0 aliphatic carbocycles. The van der Waals surface area contributed by atoms with Crippen molar-refractivity contribution in [3.63, 3.8) is 0 Å². The van der Waals surface area contributed by atoms with E-state index in [9.17, 15) is 9.59 Å². The van der Waals surface area contributed by atoms with Crippen LogP contribution < -0.4 is 14.5 Å². The van der Waals surface area contributed by atoms with Crippen molar-refractivity contribution in [2.45, 2.75) is 32.6 Å². The van der Waals surface area contributed by atoms with Crippen LogP contribution in [0.3, 0.4) is 0 Å². The lowest BCUT2D eigenvalue weighted by Gasteiger charge is -2.36. The number of amides is 1. The van der Waals surface area contributed by atoms with Gasteiger partial charge in [0.25, 0.3) is 0 Å². The summed E-state index contributed by atoms with van der Waals surface area (Å²) in [5.41, 5.74) is 2.91. The molecule has 0 unspecified atom stereocenters. The van der Waals surface area contributed by atoms with Crippen molar-refractivity contribution < 1.29 is 14.3 Å². The van der Waals surface area contributed by atoms with Gasteiger partial charge in [-0.25, -0.2) is 0 Å². The van der Waals surface area contributed by atoms with Gasteiger partial charge >= 0.3 is 0 Å². The van der Waals surface area contributed by atoms with Crippen molar-refractivity contribution in [2.24, 2.45) is 0 Å². The summed E-state index contributed by atoms with van der Waals surface area (Å²) >= 11 is 12.5. The number of halogens is 2. The van der Waals surface area contributed by atoms with Crippen molar-refractivity contribution in [1.29, 1.82) is 0 Å². The standard InChI is InChI=1S/C26H31Cl2N3O3/c1-19(32)18-31-24-17-21(9-7-20(24)8-10-25(31)33)34-16-3-2-11-29-12-14-30(15-13-29)23-6-4-5-22(27)26(23)28/h4-7,9,17H,2-3,8,10-16,18H2,1H3. The number of fused-ring (bicyclic) bond motifs is 1. The number of aryl methyl sites for hydroxylation is 1. The Hall–Kier alpha value is -2.28. The molecule has 4 rings (SSSR count). The van der Waals surface area contributed by atoms with E-state index in [4.69, 9.17) is 27.9 Å². The molecule has 0 bridgehead atoms. The Labute approximate surface area is 211 Å². The zero-order valence-corrected chi connectivity index (χ0v) is 21.1. The van der Waals surface area contributed by atoms with E-state index >= 15 is 0 Å². The number of carbonyl (C=O) groups excluding carboxylic acids is 2. The Balaban J connectivity index is 1.20. The first-order valence-corrected chi connectivity index (χ1v) is 12.6. The molecule has 0 aromatic heterocycles. The molecule has 2 heterocycles. The predicted octanol–water partition coefficient (Wildman–Crippen LogP) is 4.84. The van der Waals surface area contributed by atoms with Crippen LogP contribution in [-0.4, -0.2) is 62.5 Å². The number of ether oxygens (including phenoxy) is 1. The third-order valence-electron chi connectivity index (χ3n) is 6.42. The molecule has 0 saturated carbocycles. The zero-order chi connectivity index (χ0) is 24.1. The Kier molecular flexibility index (Phi) is 8.35. The van der Waals surface area contributed by atoms with E-state index in [0.717, 1.165) is 68.3 Å². The average molecular weight is 504 g/mol. The summed E-state index contributed by atoms with van der Waals surface area (Å²) in [6.45, 7) is 7.13. The maximum atomic E-state index is 12.3. The molecule has 0 radical (unpaired) electrons. The van der Waals surface area contributed by atoms with Crippen LogP contribution in [0.4, 0.5) is 11.4 Å². The molecule has 1 saturated heterocycles. The Morgan fingerprint density at radius 3 is 2.56 bits per heavy atom. The van der Waals surface area contributed by atoms with Crippen LogP contribution in [0.2, 0.25) is 10.0 Å². The number of ketones is 1. The van der Waals surface area contributed by atoms with Gasteiger partial charge < -0.3 is 14.5 Å². The molecule has 2 aliphatic rings. The summed E-state index contributed by atoms with van der Waals surface area (Å²) in [5, 5.41) is 1.23. The van der Waals surface area contributed by atoms with Gasteiger partial charge in [-0.15, -0.1) is 0 Å². The molecule has 6 nitrogen and oxygen atoms in total. The quantitative estimate of drug-likeness (QED) is 0.458. The van der Waals surface area contributed by atoms with Crippen molar-refractivity contribution >= 4 is 46.3 Å². The Morgan fingerprint density at radius 2 is 1.79 bits per heavy atom. The van der Waals surface area contributed by atoms with Gasteiger partial charge in [0, 0.05) is 38.7 Å². The van der Waals surface area contributed by atoms with Crippen LogP contribution in [-0.2, 0) is 16.0 Å². The fraction of sp³-hybridized carbons (Fsp3) is 0.462. The van der Waals surface area contributed by atoms with E-state index in [-0.39, 0.29) is 18.2 Å². The minimum atomic E-state index is -0.0241. The zero-order valence-electron chi connectivity index (χ0n) is 19.6. The smallest absolute Gasteiger partial charge is 0.227 e. The van der Waals surface area contributed by atoms with Crippen LogP contribution in [0.1, 0.15) is 31.7 Å². The average Bonchev–Trinajstić information content (AvgIpc) is 2.83. The second-order valence-corrected chi connectivity index (χ2v) is 9.71. The van der Waals surface area contributed by atoms with Gasteiger partial charge in [-0.2, -0.15) is 0 Å². The van der Waals surface area contributed by atoms with Gasteiger partial charge in [-0.05, 0) is 56.5 Å². The second kappa shape index (κ2) is 11.4. The number of Topliss-reactive ketones (excluding diaryl/α,β-unsaturated/α-hetero) is 1. The van der Waals surface area contributed by atoms with E-state index in [0.29, 0.717) is 29.5 Å². The Bertz CT molecular complexity index is 1040. The summed E-state index contributed by atoms with van der Waals surface area (Å²) in [5.74, 6) is 0.718. The summed E-state index contributed by atoms with van der Waals surface area (Å²) in [4.78, 5) is 30.3. The number of hydrogen-bond donors (Lipinski definition) is 0. The third-order valence-corrected chi connectivity index (χ3v) is 7.23. The lowest BCUT2D eigenvalue weighted by molar-refractivity contribution is -0.122. The molecular weight excluding hydrogens is 473 g/mol. The molecule has 0 N–H and O–H groups in total. The fourth-order valence-electron chi connectivity index (χ4n) is 4.58. The molecule has 182 valence electrons. The number of rotatable bonds is 9. The van der Waals surface area contributed by atoms with Crippen molar-refractivity contribution in [2.75, 3.05) is 55.7 Å². The fourth-order valence-corrected chi connectivity index (χ4v) is 4.99. The van der Waals surface area contributed by atoms with Gasteiger partial charge in [0.05, 0.1) is 34.6 Å². The summed E-state index contributed by atoms with van der Waals surface area (Å²) < 4.78 is 5.97. The number of nitrogens with zero attached hydrogens (tertiary/aromatic N) is 3. The lowest BCUT2D eigenvalue weighted by atomic mass is 10.0. The second-order valence-electron chi connectivity index (χ2n) is 8.93. The normalized spacial score (nSPS) is 16.5. The molecule has 1 amide bonds. The van der Waals surface area contributed by atoms with Crippen molar-refractivity contribution in [3.8, 4) is 5.75 Å². The van der Waals surface area contributed by atoms with Crippen molar-refractivity contribution in [1.82, 2.24) is 4.90 Å². The van der Waals surface area contributed by atoms with Gasteiger partial charge in [-0.1, -0.05) is 35.3 Å². The van der Waals surface area contributed by atoms with Gasteiger partial charge in [0.1, 0.15) is 11.5 Å². The minimum absolute atomic E-state index is 0.00224. The van der Waals surface area contributed by atoms with Crippen LogP contribution in [0.15, 0.2) is 36.4 Å². The highest BCUT2D eigenvalue weighted by Crippen LogP contribution is 2.33. The topological polar surface area (TPSA) is 53.1 Å². The molecule has 34 heavy (non-hydrogen) atoms. The maximum Gasteiger partial charge on any atom is 0.227 e. The highest BCUT2D eigenvalue weighted by Gasteiger charge is 2.25. The summed E-state index contributed by atoms with van der Waals surface area (Å²) in [6.07, 6.45) is 3.16. The van der Waals surface area contributed by atoms with Gasteiger partial charge in [0.2, 0.25) is 5.91 Å². The molecule has 2 aromatic rings. The van der Waals surface area contributed by atoms with Crippen LogP contribution in [0.25, 0.3) is 0 Å². The highest BCUT2D eigenvalue weighted by atomic mass is 35.5. The first kappa shape index (κ1) is 24.8. The number of unbranched alkanes of at least 4 members (excludes halogenated alkanes) is 1. The number of carbonyl (C=O) groups is 2. The monoisotopic (exact) mass is 503 g/mol. The molecule has 0 spiro atoms. The number of hydrogen-bond acceptors (Lipinski definition) is 5. The first-order valence-electron chi connectivity index (χ1n) is 11.9. The largest absolute Gasteiger partial charge is 0.494 e. The molecule has 2 aromatic carbocycles. The predicted molar refractivity (Wildman–Crippen MR) is 138 cm³/mol. The van der Waals surface area contributed by atoms with E-state index in [2.05, 4.69) is 9.80 Å². The lowest BCUT2D eigenvalue weighted by Crippen LogP contribution is -2.46. The van der Waals surface area contributed by atoms with Crippen LogP contribution >= 0.6 is 23.2 Å². The van der Waals surface area contributed by atoms with E-state index in [1.807, 2.05) is 36.4 Å². The molecule has 2 aliphatic heterocycles. The minimum Gasteiger partial charge on any atom is -0.494 e. The molecule has 0 atom stereocenters. The highest BCUT2D eigenvalue weighted by molar-refractivity contribution is 6.43. The summed E-state index contributed by atoms with van der Waals surface area (Å²) in [6, 6.07) is 11.7. The van der Waals surface area contributed by atoms with Gasteiger partial charge in [0.15, 0.2) is 0 Å². The van der Waals surface area contributed by atoms with E-state index < -0.39 is 0 Å². The Morgan fingerprint density at radius 1 is 1.00 bits per heavy atom. The van der Waals surface area contributed by atoms with Crippen LogP contribution in [0, 0.1) is 0 Å². The molecule has 8 heteroatoms. The molecular formula is C26H31Cl2N3O3. The van der Waals surface area contributed by atoms with Gasteiger partial charge in [-0.3, -0.25) is 14.5 Å². The number of benzene rings is 2. The summed E-state index contributed by atoms with van der Waals surface area (Å²) in [7, 11) is 0. The number of anilines is 2. The van der Waals surface area contributed by atoms with E-state index in [1.54, 1.807) is 4.90 Å². The third kappa shape index (κ3) is 6.04. The number of piperazine rings is 1. The first-order chi connectivity index (χ1) is 16.4. The molecule has 1 fully saturated rings.